The maximum absolute atomic E-state index is 11.7. The summed E-state index contributed by atoms with van der Waals surface area (Å²) in [6.45, 7) is 1.65. The van der Waals surface area contributed by atoms with E-state index < -0.39 is 17.2 Å². The zero-order valence-corrected chi connectivity index (χ0v) is 11.4. The molecular formula is C10H15N5O3S. The van der Waals surface area contributed by atoms with Crippen molar-refractivity contribution in [1.29, 1.82) is 0 Å². The third-order valence-electron chi connectivity index (χ3n) is 2.70. The quantitative estimate of drug-likeness (QED) is 0.666. The maximum atomic E-state index is 11.7. The summed E-state index contributed by atoms with van der Waals surface area (Å²) in [4.78, 5) is 34.3. The first kappa shape index (κ1) is 13.7. The molecule has 0 aromatic carbocycles. The third kappa shape index (κ3) is 3.16. The summed E-state index contributed by atoms with van der Waals surface area (Å²) in [5, 5.41) is 10.7. The molecule has 1 aliphatic rings. The summed E-state index contributed by atoms with van der Waals surface area (Å²) in [6.07, 6.45) is 1.90. The van der Waals surface area contributed by atoms with Crippen LogP contribution in [-0.4, -0.2) is 39.0 Å². The highest BCUT2D eigenvalue weighted by Crippen LogP contribution is 2.36. The van der Waals surface area contributed by atoms with Crippen LogP contribution in [0.15, 0.2) is 9.95 Å². The van der Waals surface area contributed by atoms with Gasteiger partial charge < -0.3 is 5.32 Å². The molecule has 1 heterocycles. The molecule has 1 fully saturated rings. The number of aromatic nitrogens is 3. The molecule has 1 aromatic heterocycles. The fourth-order valence-corrected chi connectivity index (χ4v) is 2.44. The summed E-state index contributed by atoms with van der Waals surface area (Å²) >= 11 is 1.15. The zero-order chi connectivity index (χ0) is 14.0. The first-order valence-corrected chi connectivity index (χ1v) is 6.77. The predicted octanol–water partition coefficient (Wildman–Crippen LogP) is -0.158. The normalized spacial score (nSPS) is 15.9. The number of nitrogens with one attached hydrogen (secondary N) is 3. The standard InChI is InChI=1S/C10H15N5O3S/c1-5(7(16)12-8(17)11-2)19-10-14-13-9(18)15(10)6-3-4-6/h5-6H,3-4H2,1-2H3,(H,13,18)(H2,11,12,16,17)/t5-/m1/s1. The second-order valence-electron chi connectivity index (χ2n) is 4.24. The topological polar surface area (TPSA) is 109 Å². The van der Waals surface area contributed by atoms with Crippen LogP contribution in [0.1, 0.15) is 25.8 Å². The largest absolute Gasteiger partial charge is 0.344 e. The number of imide groups is 1. The summed E-state index contributed by atoms with van der Waals surface area (Å²) in [5.41, 5.74) is -0.260. The molecule has 0 spiro atoms. The number of nitrogens with zero attached hydrogens (tertiary/aromatic N) is 2. The maximum Gasteiger partial charge on any atom is 0.344 e. The van der Waals surface area contributed by atoms with Crippen LogP contribution in [0, 0.1) is 0 Å². The molecule has 0 bridgehead atoms. The van der Waals surface area contributed by atoms with E-state index in [-0.39, 0.29) is 11.7 Å². The Labute approximate surface area is 113 Å². The van der Waals surface area contributed by atoms with E-state index in [4.69, 9.17) is 0 Å². The van der Waals surface area contributed by atoms with Crippen LogP contribution in [-0.2, 0) is 4.79 Å². The molecule has 2 rings (SSSR count). The Balaban J connectivity index is 2.02. The summed E-state index contributed by atoms with van der Waals surface area (Å²) in [7, 11) is 1.43. The van der Waals surface area contributed by atoms with Crippen molar-refractivity contribution in [2.45, 2.75) is 36.2 Å². The molecule has 8 nitrogen and oxygen atoms in total. The molecule has 19 heavy (non-hydrogen) atoms. The van der Waals surface area contributed by atoms with Gasteiger partial charge in [0.25, 0.3) is 0 Å². The molecule has 0 saturated heterocycles. The van der Waals surface area contributed by atoms with E-state index in [1.54, 1.807) is 11.5 Å². The smallest absolute Gasteiger partial charge is 0.341 e. The summed E-state index contributed by atoms with van der Waals surface area (Å²) in [5.74, 6) is -0.429. The van der Waals surface area contributed by atoms with E-state index in [2.05, 4.69) is 20.8 Å². The van der Waals surface area contributed by atoms with Crippen molar-refractivity contribution in [1.82, 2.24) is 25.4 Å². The lowest BCUT2D eigenvalue weighted by Crippen LogP contribution is -2.41. The van der Waals surface area contributed by atoms with Crippen molar-refractivity contribution >= 4 is 23.7 Å². The molecule has 0 aliphatic heterocycles. The minimum atomic E-state index is -0.556. The Bertz CT molecular complexity index is 548. The Morgan fingerprint density at radius 2 is 2.21 bits per heavy atom. The molecular weight excluding hydrogens is 270 g/mol. The second kappa shape index (κ2) is 5.47. The molecule has 9 heteroatoms. The Morgan fingerprint density at radius 1 is 1.53 bits per heavy atom. The van der Waals surface area contributed by atoms with Gasteiger partial charge in [0, 0.05) is 13.1 Å². The van der Waals surface area contributed by atoms with E-state index in [0.29, 0.717) is 5.16 Å². The number of H-pyrrole nitrogens is 1. The van der Waals surface area contributed by atoms with Gasteiger partial charge in [0.15, 0.2) is 5.16 Å². The molecule has 3 N–H and O–H groups in total. The predicted molar refractivity (Wildman–Crippen MR) is 69.0 cm³/mol. The van der Waals surface area contributed by atoms with Crippen molar-refractivity contribution in [3.8, 4) is 0 Å². The minimum Gasteiger partial charge on any atom is -0.341 e. The van der Waals surface area contributed by atoms with E-state index in [9.17, 15) is 14.4 Å². The lowest BCUT2D eigenvalue weighted by molar-refractivity contribution is -0.119. The highest BCUT2D eigenvalue weighted by atomic mass is 32.2. The first-order valence-electron chi connectivity index (χ1n) is 5.89. The average molecular weight is 285 g/mol. The van der Waals surface area contributed by atoms with Crippen molar-refractivity contribution < 1.29 is 9.59 Å². The molecule has 1 aliphatic carbocycles. The number of urea groups is 1. The number of carbonyl (C=O) groups is 2. The van der Waals surface area contributed by atoms with Gasteiger partial charge in [-0.2, -0.15) is 0 Å². The third-order valence-corrected chi connectivity index (χ3v) is 3.77. The van der Waals surface area contributed by atoms with Gasteiger partial charge >= 0.3 is 11.7 Å². The molecule has 1 atom stereocenters. The number of aromatic amines is 1. The molecule has 0 unspecified atom stereocenters. The number of hydrogen-bond donors (Lipinski definition) is 3. The first-order chi connectivity index (χ1) is 9.02. The molecule has 1 aromatic rings. The van der Waals surface area contributed by atoms with Gasteiger partial charge in [0.2, 0.25) is 5.91 Å². The van der Waals surface area contributed by atoms with Crippen LogP contribution >= 0.6 is 11.8 Å². The highest BCUT2D eigenvalue weighted by molar-refractivity contribution is 8.00. The van der Waals surface area contributed by atoms with Crippen LogP contribution in [0.2, 0.25) is 0 Å². The van der Waals surface area contributed by atoms with Crippen molar-refractivity contribution in [2.75, 3.05) is 7.05 Å². The Hall–Kier alpha value is -1.77. The average Bonchev–Trinajstić information content (AvgIpc) is 3.14. The van der Waals surface area contributed by atoms with Crippen LogP contribution in [0.5, 0.6) is 0 Å². The molecule has 3 amide bonds. The van der Waals surface area contributed by atoms with Gasteiger partial charge in [0.1, 0.15) is 0 Å². The Morgan fingerprint density at radius 3 is 2.79 bits per heavy atom. The fraction of sp³-hybridized carbons (Fsp3) is 0.600. The van der Waals surface area contributed by atoms with E-state index in [0.717, 1.165) is 24.6 Å². The van der Waals surface area contributed by atoms with E-state index >= 15 is 0 Å². The molecule has 0 radical (unpaired) electrons. The molecule has 1 saturated carbocycles. The SMILES string of the molecule is CNC(=O)NC(=O)[C@@H](C)Sc1n[nH]c(=O)n1C1CC1. The monoisotopic (exact) mass is 285 g/mol. The number of hydrogen-bond acceptors (Lipinski definition) is 5. The van der Waals surface area contributed by atoms with E-state index in [1.165, 1.54) is 7.05 Å². The van der Waals surface area contributed by atoms with Gasteiger partial charge in [0.05, 0.1) is 5.25 Å². The van der Waals surface area contributed by atoms with Crippen LogP contribution < -0.4 is 16.3 Å². The minimum absolute atomic E-state index is 0.183. The van der Waals surface area contributed by atoms with Crippen molar-refractivity contribution in [2.24, 2.45) is 0 Å². The molecule has 104 valence electrons. The fourth-order valence-electron chi connectivity index (χ4n) is 1.52. The number of carbonyl (C=O) groups excluding carboxylic acids is 2. The van der Waals surface area contributed by atoms with Crippen molar-refractivity contribution in [3.63, 3.8) is 0 Å². The zero-order valence-electron chi connectivity index (χ0n) is 10.6. The van der Waals surface area contributed by atoms with Crippen LogP contribution in [0.25, 0.3) is 0 Å². The van der Waals surface area contributed by atoms with Crippen molar-refractivity contribution in [3.05, 3.63) is 10.5 Å². The van der Waals surface area contributed by atoms with Crippen LogP contribution in [0.3, 0.4) is 0 Å². The highest BCUT2D eigenvalue weighted by Gasteiger charge is 2.30. The lowest BCUT2D eigenvalue weighted by atomic mass is 10.4. The lowest BCUT2D eigenvalue weighted by Gasteiger charge is -2.10. The Kier molecular flexibility index (Phi) is 3.93. The van der Waals surface area contributed by atoms with Gasteiger partial charge in [-0.1, -0.05) is 11.8 Å². The summed E-state index contributed by atoms with van der Waals surface area (Å²) < 4.78 is 1.56. The van der Waals surface area contributed by atoms with Gasteiger partial charge in [-0.25, -0.2) is 14.7 Å². The number of thioether (sulfide) groups is 1. The van der Waals surface area contributed by atoms with E-state index in [1.807, 2.05) is 0 Å². The van der Waals surface area contributed by atoms with Crippen LogP contribution in [0.4, 0.5) is 4.79 Å². The van der Waals surface area contributed by atoms with Gasteiger partial charge in [-0.3, -0.25) is 14.7 Å². The number of amides is 3. The van der Waals surface area contributed by atoms with Gasteiger partial charge in [-0.15, -0.1) is 5.10 Å². The number of rotatable bonds is 4. The second-order valence-corrected chi connectivity index (χ2v) is 5.55. The summed E-state index contributed by atoms with van der Waals surface area (Å²) in [6, 6.07) is -0.373. The van der Waals surface area contributed by atoms with Gasteiger partial charge in [-0.05, 0) is 19.8 Å².